The molecular weight excluding hydrogens is 332 g/mol. The zero-order chi connectivity index (χ0) is 18.6. The van der Waals surface area contributed by atoms with Crippen LogP contribution >= 0.6 is 12.2 Å². The van der Waals surface area contributed by atoms with Crippen LogP contribution in [0.25, 0.3) is 0 Å². The van der Waals surface area contributed by atoms with Gasteiger partial charge in [0.05, 0.1) is 0 Å². The first kappa shape index (κ1) is 18.8. The molecule has 4 nitrogen and oxygen atoms in total. The first-order valence-electron chi connectivity index (χ1n) is 8.01. The first-order valence-corrected chi connectivity index (χ1v) is 8.41. The highest BCUT2D eigenvalue weighted by Gasteiger charge is 2.14. The third-order valence-electron chi connectivity index (χ3n) is 3.79. The van der Waals surface area contributed by atoms with E-state index in [0.717, 1.165) is 5.56 Å². The Morgan fingerprint density at radius 3 is 1.88 bits per heavy atom. The number of rotatable bonds is 3. The van der Waals surface area contributed by atoms with Crippen molar-refractivity contribution in [2.24, 2.45) is 0 Å². The summed E-state index contributed by atoms with van der Waals surface area (Å²) < 4.78 is 0. The molecule has 0 aliphatic carbocycles. The quantitative estimate of drug-likeness (QED) is 0.637. The smallest absolute Gasteiger partial charge is 0.257 e. The number of carbonyl (C=O) groups is 2. The molecule has 0 atom stereocenters. The molecule has 2 rings (SSSR count). The number of hydrogen-bond donors (Lipinski definition) is 2. The van der Waals surface area contributed by atoms with E-state index in [2.05, 4.69) is 31.4 Å². The molecular formula is C20H22N2O2S. The third kappa shape index (κ3) is 5.22. The molecule has 2 aromatic rings. The number of thiocarbonyl (C=S) groups is 1. The molecule has 0 spiro atoms. The Kier molecular flexibility index (Phi) is 5.69. The molecule has 0 saturated heterocycles. The SMILES string of the molecule is CC(=O)c1ccc(NC(=S)NC(=O)c2ccc(C(C)(C)C)cc2)cc1. The summed E-state index contributed by atoms with van der Waals surface area (Å²) in [5.41, 5.74) is 3.08. The predicted molar refractivity (Wildman–Crippen MR) is 105 cm³/mol. The van der Waals surface area contributed by atoms with Gasteiger partial charge in [-0.15, -0.1) is 0 Å². The van der Waals surface area contributed by atoms with Gasteiger partial charge in [0, 0.05) is 16.8 Å². The van der Waals surface area contributed by atoms with Crippen molar-refractivity contribution >= 4 is 34.7 Å². The highest BCUT2D eigenvalue weighted by atomic mass is 32.1. The molecule has 130 valence electrons. The van der Waals surface area contributed by atoms with Crippen LogP contribution in [-0.4, -0.2) is 16.8 Å². The second-order valence-corrected chi connectivity index (χ2v) is 7.28. The maximum absolute atomic E-state index is 12.3. The highest BCUT2D eigenvalue weighted by Crippen LogP contribution is 2.22. The second kappa shape index (κ2) is 7.57. The van der Waals surface area contributed by atoms with E-state index in [1.54, 1.807) is 36.4 Å². The topological polar surface area (TPSA) is 58.2 Å². The lowest BCUT2D eigenvalue weighted by molar-refractivity contribution is 0.0976. The lowest BCUT2D eigenvalue weighted by atomic mass is 9.87. The van der Waals surface area contributed by atoms with Crippen LogP contribution in [-0.2, 0) is 5.41 Å². The van der Waals surface area contributed by atoms with Crippen molar-refractivity contribution in [3.63, 3.8) is 0 Å². The molecule has 0 unspecified atom stereocenters. The van der Waals surface area contributed by atoms with Gasteiger partial charge in [0.15, 0.2) is 10.9 Å². The molecule has 0 heterocycles. The fourth-order valence-corrected chi connectivity index (χ4v) is 2.46. The van der Waals surface area contributed by atoms with Crippen LogP contribution < -0.4 is 10.6 Å². The van der Waals surface area contributed by atoms with Gasteiger partial charge in [-0.05, 0) is 66.5 Å². The Morgan fingerprint density at radius 2 is 1.40 bits per heavy atom. The van der Waals surface area contributed by atoms with Crippen molar-refractivity contribution in [3.05, 3.63) is 65.2 Å². The van der Waals surface area contributed by atoms with E-state index in [1.165, 1.54) is 6.92 Å². The molecule has 2 N–H and O–H groups in total. The fraction of sp³-hybridized carbons (Fsp3) is 0.250. The van der Waals surface area contributed by atoms with Gasteiger partial charge in [-0.1, -0.05) is 32.9 Å². The van der Waals surface area contributed by atoms with E-state index >= 15 is 0 Å². The van der Waals surface area contributed by atoms with Crippen molar-refractivity contribution < 1.29 is 9.59 Å². The third-order valence-corrected chi connectivity index (χ3v) is 3.99. The van der Waals surface area contributed by atoms with Gasteiger partial charge in [-0.25, -0.2) is 0 Å². The monoisotopic (exact) mass is 354 g/mol. The van der Waals surface area contributed by atoms with E-state index in [-0.39, 0.29) is 22.2 Å². The van der Waals surface area contributed by atoms with Crippen molar-refractivity contribution in [2.75, 3.05) is 5.32 Å². The number of hydrogen-bond acceptors (Lipinski definition) is 3. The summed E-state index contributed by atoms with van der Waals surface area (Å²) in [5.74, 6) is -0.264. The highest BCUT2D eigenvalue weighted by molar-refractivity contribution is 7.80. The summed E-state index contributed by atoms with van der Waals surface area (Å²) in [6.07, 6.45) is 0. The standard InChI is InChI=1S/C20H22N2O2S/c1-13(23)14-7-11-17(12-8-14)21-19(25)22-18(24)15-5-9-16(10-6-15)20(2,3)4/h5-12H,1-4H3,(H2,21,22,24,25). The largest absolute Gasteiger partial charge is 0.332 e. The van der Waals surface area contributed by atoms with Crippen LogP contribution in [0.5, 0.6) is 0 Å². The van der Waals surface area contributed by atoms with E-state index < -0.39 is 0 Å². The van der Waals surface area contributed by atoms with Crippen LogP contribution in [0.3, 0.4) is 0 Å². The average Bonchev–Trinajstić information content (AvgIpc) is 2.54. The summed E-state index contributed by atoms with van der Waals surface area (Å²) in [5, 5.41) is 5.80. The number of benzene rings is 2. The van der Waals surface area contributed by atoms with Crippen LogP contribution in [0.4, 0.5) is 5.69 Å². The molecule has 0 saturated carbocycles. The maximum atomic E-state index is 12.3. The number of amides is 1. The Morgan fingerprint density at radius 1 is 0.880 bits per heavy atom. The molecule has 0 aromatic heterocycles. The van der Waals surface area contributed by atoms with Gasteiger partial charge in [0.25, 0.3) is 5.91 Å². The van der Waals surface area contributed by atoms with Gasteiger partial charge in [0.1, 0.15) is 0 Å². The van der Waals surface area contributed by atoms with Gasteiger partial charge < -0.3 is 5.32 Å². The zero-order valence-corrected chi connectivity index (χ0v) is 15.7. The van der Waals surface area contributed by atoms with Crippen LogP contribution in [0.1, 0.15) is 54.0 Å². The van der Waals surface area contributed by atoms with E-state index in [9.17, 15) is 9.59 Å². The van der Waals surface area contributed by atoms with Gasteiger partial charge in [-0.3, -0.25) is 14.9 Å². The van der Waals surface area contributed by atoms with E-state index in [0.29, 0.717) is 16.8 Å². The number of Topliss-reactive ketones (excluding diaryl/α,β-unsaturated/α-hetero) is 1. The summed E-state index contributed by atoms with van der Waals surface area (Å²) >= 11 is 5.17. The number of carbonyl (C=O) groups excluding carboxylic acids is 2. The average molecular weight is 354 g/mol. The first-order chi connectivity index (χ1) is 11.7. The number of ketones is 1. The Labute approximate surface area is 153 Å². The second-order valence-electron chi connectivity index (χ2n) is 6.87. The van der Waals surface area contributed by atoms with Crippen LogP contribution in [0, 0.1) is 0 Å². The molecule has 0 bridgehead atoms. The molecule has 25 heavy (non-hydrogen) atoms. The zero-order valence-electron chi connectivity index (χ0n) is 14.8. The molecule has 0 radical (unpaired) electrons. The van der Waals surface area contributed by atoms with Crippen molar-refractivity contribution in [1.29, 1.82) is 0 Å². The Bertz CT molecular complexity index is 788. The number of anilines is 1. The van der Waals surface area contributed by atoms with Crippen molar-refractivity contribution in [3.8, 4) is 0 Å². The Balaban J connectivity index is 1.97. The summed E-state index contributed by atoms with van der Waals surface area (Å²) in [6.45, 7) is 7.88. The molecule has 0 aliphatic rings. The lowest BCUT2D eigenvalue weighted by Crippen LogP contribution is -2.34. The predicted octanol–water partition coefficient (Wildman–Crippen LogP) is 4.31. The Hall–Kier alpha value is -2.53. The molecule has 0 fully saturated rings. The van der Waals surface area contributed by atoms with Gasteiger partial charge in [-0.2, -0.15) is 0 Å². The molecule has 5 heteroatoms. The van der Waals surface area contributed by atoms with Crippen LogP contribution in [0.15, 0.2) is 48.5 Å². The van der Waals surface area contributed by atoms with Gasteiger partial charge >= 0.3 is 0 Å². The van der Waals surface area contributed by atoms with Crippen molar-refractivity contribution in [1.82, 2.24) is 5.32 Å². The fourth-order valence-electron chi connectivity index (χ4n) is 2.25. The van der Waals surface area contributed by atoms with Gasteiger partial charge in [0.2, 0.25) is 0 Å². The minimum atomic E-state index is -0.265. The lowest BCUT2D eigenvalue weighted by Gasteiger charge is -2.19. The molecule has 2 aromatic carbocycles. The summed E-state index contributed by atoms with van der Waals surface area (Å²) in [4.78, 5) is 23.5. The molecule has 0 aliphatic heterocycles. The summed E-state index contributed by atoms with van der Waals surface area (Å²) in [7, 11) is 0. The summed E-state index contributed by atoms with van der Waals surface area (Å²) in [6, 6.07) is 14.4. The van der Waals surface area contributed by atoms with E-state index in [1.807, 2.05) is 12.1 Å². The van der Waals surface area contributed by atoms with Crippen molar-refractivity contribution in [2.45, 2.75) is 33.1 Å². The minimum Gasteiger partial charge on any atom is -0.332 e. The normalized spacial score (nSPS) is 10.9. The maximum Gasteiger partial charge on any atom is 0.257 e. The molecule has 1 amide bonds. The minimum absolute atomic E-state index is 0.00105. The number of nitrogens with one attached hydrogen (secondary N) is 2. The van der Waals surface area contributed by atoms with Crippen LogP contribution in [0.2, 0.25) is 0 Å². The van der Waals surface area contributed by atoms with E-state index in [4.69, 9.17) is 12.2 Å².